The maximum Gasteiger partial charge on any atom is 0.230 e. The third-order valence-electron chi connectivity index (χ3n) is 5.31. The summed E-state index contributed by atoms with van der Waals surface area (Å²) in [4.78, 5) is 15.3. The number of aryl methyl sites for hydroxylation is 2. The second kappa shape index (κ2) is 10.1. The molecular formula is C23H31N2O2S+. The molecule has 0 aliphatic carbocycles. The van der Waals surface area contributed by atoms with Crippen LogP contribution in [0.15, 0.2) is 53.4 Å². The van der Waals surface area contributed by atoms with Crippen LogP contribution in [0.25, 0.3) is 0 Å². The quantitative estimate of drug-likeness (QED) is 0.703. The monoisotopic (exact) mass is 399 g/mol. The van der Waals surface area contributed by atoms with Crippen molar-refractivity contribution in [1.29, 1.82) is 0 Å². The van der Waals surface area contributed by atoms with Crippen molar-refractivity contribution in [3.8, 4) is 0 Å². The van der Waals surface area contributed by atoms with Gasteiger partial charge >= 0.3 is 0 Å². The number of rotatable bonds is 7. The fraction of sp³-hybridized carbons (Fsp3) is 0.435. The highest BCUT2D eigenvalue weighted by molar-refractivity contribution is 8.00. The molecule has 3 rings (SSSR count). The van der Waals surface area contributed by atoms with Crippen LogP contribution in [0.3, 0.4) is 0 Å². The van der Waals surface area contributed by atoms with E-state index in [1.165, 1.54) is 26.5 Å². The van der Waals surface area contributed by atoms with Crippen LogP contribution < -0.4 is 10.2 Å². The van der Waals surface area contributed by atoms with Crippen LogP contribution in [0.2, 0.25) is 0 Å². The molecule has 5 heteroatoms. The normalized spacial score (nSPS) is 17.1. The SMILES string of the molecule is Cc1ccc(SCC(=O)N[C@@H](C)[C@H](c2ccccc2)[NH+]2CCOCC2)c(C)c1. The molecule has 4 nitrogen and oxygen atoms in total. The van der Waals surface area contributed by atoms with Crippen molar-refractivity contribution in [2.24, 2.45) is 0 Å². The zero-order valence-corrected chi connectivity index (χ0v) is 17.9. The fourth-order valence-corrected chi connectivity index (χ4v) is 4.79. The van der Waals surface area contributed by atoms with Gasteiger partial charge in [-0.25, -0.2) is 0 Å². The van der Waals surface area contributed by atoms with E-state index in [4.69, 9.17) is 4.74 Å². The standard InChI is InChI=1S/C23H30N2O2S/c1-17-9-10-21(18(2)15-17)28-16-22(26)24-19(3)23(20-7-5-4-6-8-20)25-11-13-27-14-12-25/h4-10,15,19,23H,11-14,16H2,1-3H3,(H,24,26)/p+1/t19-,23+/m0/s1. The van der Waals surface area contributed by atoms with Crippen molar-refractivity contribution in [2.45, 2.75) is 37.8 Å². The number of carbonyl (C=O) groups excluding carboxylic acids is 1. The molecule has 2 aromatic carbocycles. The molecule has 1 aliphatic rings. The number of thioether (sulfide) groups is 1. The molecular weight excluding hydrogens is 368 g/mol. The van der Waals surface area contributed by atoms with E-state index < -0.39 is 0 Å². The van der Waals surface area contributed by atoms with Gasteiger partial charge in [-0.05, 0) is 32.4 Å². The van der Waals surface area contributed by atoms with E-state index in [-0.39, 0.29) is 18.0 Å². The molecule has 1 aliphatic heterocycles. The van der Waals surface area contributed by atoms with Crippen LogP contribution in [-0.2, 0) is 9.53 Å². The van der Waals surface area contributed by atoms with Crippen molar-refractivity contribution in [3.63, 3.8) is 0 Å². The lowest BCUT2D eigenvalue weighted by atomic mass is 9.98. The minimum atomic E-state index is 0.0581. The largest absolute Gasteiger partial charge is 0.370 e. The van der Waals surface area contributed by atoms with Crippen molar-refractivity contribution >= 4 is 17.7 Å². The average molecular weight is 400 g/mol. The first-order chi connectivity index (χ1) is 13.5. The molecule has 2 aromatic rings. The second-order valence-corrected chi connectivity index (χ2v) is 8.59. The van der Waals surface area contributed by atoms with Gasteiger partial charge in [0.2, 0.25) is 5.91 Å². The molecule has 2 N–H and O–H groups in total. The van der Waals surface area contributed by atoms with Crippen LogP contribution in [0.1, 0.15) is 29.7 Å². The maximum absolute atomic E-state index is 12.7. The van der Waals surface area contributed by atoms with Gasteiger partial charge in [-0.3, -0.25) is 4.79 Å². The summed E-state index contributed by atoms with van der Waals surface area (Å²) < 4.78 is 5.54. The predicted octanol–water partition coefficient (Wildman–Crippen LogP) is 2.56. The van der Waals surface area contributed by atoms with E-state index in [2.05, 4.69) is 68.6 Å². The summed E-state index contributed by atoms with van der Waals surface area (Å²) in [6.07, 6.45) is 0. The minimum absolute atomic E-state index is 0.0581. The van der Waals surface area contributed by atoms with Crippen LogP contribution in [0, 0.1) is 13.8 Å². The van der Waals surface area contributed by atoms with Gasteiger partial charge < -0.3 is 15.0 Å². The maximum atomic E-state index is 12.7. The van der Waals surface area contributed by atoms with Crippen LogP contribution in [0.5, 0.6) is 0 Å². The number of ether oxygens (including phenoxy) is 1. The van der Waals surface area contributed by atoms with Gasteiger partial charge in [-0.1, -0.05) is 48.0 Å². The lowest BCUT2D eigenvalue weighted by molar-refractivity contribution is -0.940. The lowest BCUT2D eigenvalue weighted by Crippen LogP contribution is -3.15. The Morgan fingerprint density at radius 2 is 1.86 bits per heavy atom. The van der Waals surface area contributed by atoms with Crippen molar-refractivity contribution < 1.29 is 14.4 Å². The molecule has 28 heavy (non-hydrogen) atoms. The van der Waals surface area contributed by atoms with E-state index in [0.29, 0.717) is 5.75 Å². The van der Waals surface area contributed by atoms with Gasteiger partial charge in [0.05, 0.1) is 25.0 Å². The predicted molar refractivity (Wildman–Crippen MR) is 115 cm³/mol. The number of benzene rings is 2. The Labute approximate surface area is 172 Å². The molecule has 1 heterocycles. The van der Waals surface area contributed by atoms with E-state index in [0.717, 1.165) is 26.3 Å². The summed E-state index contributed by atoms with van der Waals surface area (Å²) in [6, 6.07) is 17.2. The molecule has 0 spiro atoms. The van der Waals surface area contributed by atoms with Crippen LogP contribution in [0.4, 0.5) is 0 Å². The summed E-state index contributed by atoms with van der Waals surface area (Å²) in [5.74, 6) is 0.528. The third-order valence-corrected chi connectivity index (χ3v) is 6.49. The van der Waals surface area contributed by atoms with E-state index in [9.17, 15) is 4.79 Å². The highest BCUT2D eigenvalue weighted by atomic mass is 32.2. The van der Waals surface area contributed by atoms with E-state index in [1.807, 2.05) is 6.07 Å². The van der Waals surface area contributed by atoms with Crippen LogP contribution in [-0.4, -0.2) is 44.0 Å². The molecule has 1 amide bonds. The number of quaternary nitrogens is 1. The van der Waals surface area contributed by atoms with Gasteiger partial charge in [-0.2, -0.15) is 0 Å². The smallest absolute Gasteiger partial charge is 0.230 e. The zero-order chi connectivity index (χ0) is 19.9. The Morgan fingerprint density at radius 1 is 1.14 bits per heavy atom. The Bertz CT molecular complexity index is 775. The van der Waals surface area contributed by atoms with Gasteiger partial charge in [0.1, 0.15) is 19.1 Å². The lowest BCUT2D eigenvalue weighted by Gasteiger charge is -2.35. The zero-order valence-electron chi connectivity index (χ0n) is 17.0. The molecule has 0 saturated carbocycles. The van der Waals surface area contributed by atoms with Crippen molar-refractivity contribution in [1.82, 2.24) is 5.32 Å². The summed E-state index contributed by atoms with van der Waals surface area (Å²) in [5.41, 5.74) is 3.75. The first kappa shape index (κ1) is 20.9. The number of hydrogen-bond donors (Lipinski definition) is 2. The number of morpholine rings is 1. The van der Waals surface area contributed by atoms with Crippen LogP contribution >= 0.6 is 11.8 Å². The Balaban J connectivity index is 1.63. The summed E-state index contributed by atoms with van der Waals surface area (Å²) in [7, 11) is 0. The van der Waals surface area contributed by atoms with Gasteiger partial charge in [0, 0.05) is 10.5 Å². The van der Waals surface area contributed by atoms with E-state index in [1.54, 1.807) is 11.8 Å². The van der Waals surface area contributed by atoms with Crippen molar-refractivity contribution in [2.75, 3.05) is 32.1 Å². The average Bonchev–Trinajstić information content (AvgIpc) is 2.69. The molecule has 0 aromatic heterocycles. The number of amides is 1. The fourth-order valence-electron chi connectivity index (χ4n) is 3.97. The molecule has 0 bridgehead atoms. The molecule has 150 valence electrons. The Kier molecular flexibility index (Phi) is 7.54. The number of hydrogen-bond acceptors (Lipinski definition) is 3. The Hall–Kier alpha value is -1.82. The van der Waals surface area contributed by atoms with E-state index >= 15 is 0 Å². The highest BCUT2D eigenvalue weighted by Crippen LogP contribution is 2.23. The minimum Gasteiger partial charge on any atom is -0.370 e. The molecule has 2 atom stereocenters. The third kappa shape index (κ3) is 5.60. The number of carbonyl (C=O) groups is 1. The summed E-state index contributed by atoms with van der Waals surface area (Å²) in [6.45, 7) is 9.81. The summed E-state index contributed by atoms with van der Waals surface area (Å²) in [5, 5.41) is 3.26. The van der Waals surface area contributed by atoms with Gasteiger partial charge in [0.25, 0.3) is 0 Å². The van der Waals surface area contributed by atoms with Crippen molar-refractivity contribution in [3.05, 3.63) is 65.2 Å². The van der Waals surface area contributed by atoms with Gasteiger partial charge in [0.15, 0.2) is 0 Å². The first-order valence-electron chi connectivity index (χ1n) is 10.0. The first-order valence-corrected chi connectivity index (χ1v) is 11.0. The second-order valence-electron chi connectivity index (χ2n) is 7.57. The highest BCUT2D eigenvalue weighted by Gasteiger charge is 2.32. The Morgan fingerprint density at radius 3 is 2.54 bits per heavy atom. The molecule has 1 saturated heterocycles. The molecule has 0 unspecified atom stereocenters. The molecule has 0 radical (unpaired) electrons. The summed E-state index contributed by atoms with van der Waals surface area (Å²) >= 11 is 1.61. The topological polar surface area (TPSA) is 42.8 Å². The van der Waals surface area contributed by atoms with Gasteiger partial charge in [-0.15, -0.1) is 11.8 Å². The number of nitrogens with one attached hydrogen (secondary N) is 2. The molecule has 1 fully saturated rings.